The molecule has 0 bridgehead atoms. The number of guanidine groups is 1. The number of hydrogen-bond acceptors (Lipinski definition) is 3. The number of rotatable bonds is 8. The van der Waals surface area contributed by atoms with Gasteiger partial charge in [0.15, 0.2) is 5.96 Å². The van der Waals surface area contributed by atoms with Crippen LogP contribution in [-0.4, -0.2) is 63.3 Å². The molecular weight excluding hydrogens is 439 g/mol. The van der Waals surface area contributed by atoms with E-state index in [-0.39, 0.29) is 24.0 Å². The van der Waals surface area contributed by atoms with Gasteiger partial charge in [0.25, 0.3) is 0 Å². The molecule has 1 aliphatic rings. The maximum absolute atomic E-state index is 5.39. The lowest BCUT2D eigenvalue weighted by Gasteiger charge is -2.26. The largest absolute Gasteiger partial charge is 0.379 e. The van der Waals surface area contributed by atoms with Gasteiger partial charge >= 0.3 is 0 Å². The molecule has 2 N–H and O–H groups in total. The molecule has 0 saturated carbocycles. The molecule has 1 unspecified atom stereocenters. The quantitative estimate of drug-likeness (QED) is 0.263. The summed E-state index contributed by atoms with van der Waals surface area (Å²) >= 11 is 0. The first-order valence-corrected chi connectivity index (χ1v) is 9.58. The zero-order valence-electron chi connectivity index (χ0n) is 16.5. The normalized spacial score (nSPS) is 16.7. The predicted octanol–water partition coefficient (Wildman–Crippen LogP) is 2.99. The van der Waals surface area contributed by atoms with Gasteiger partial charge in [0, 0.05) is 38.6 Å². The Bertz CT molecular complexity index is 515. The number of benzene rings is 1. The molecular formula is C20H35IN4O. The smallest absolute Gasteiger partial charge is 0.191 e. The van der Waals surface area contributed by atoms with Crippen molar-refractivity contribution in [1.29, 1.82) is 0 Å². The highest BCUT2D eigenvalue weighted by Crippen LogP contribution is 2.15. The predicted molar refractivity (Wildman–Crippen MR) is 121 cm³/mol. The van der Waals surface area contributed by atoms with Crippen molar-refractivity contribution in [2.45, 2.75) is 33.1 Å². The topological polar surface area (TPSA) is 48.9 Å². The fourth-order valence-corrected chi connectivity index (χ4v) is 2.90. The van der Waals surface area contributed by atoms with E-state index >= 15 is 0 Å². The van der Waals surface area contributed by atoms with Crippen LogP contribution in [0.5, 0.6) is 0 Å². The molecule has 0 aliphatic carbocycles. The number of aliphatic imine (C=N–C) groups is 1. The van der Waals surface area contributed by atoms with Crippen molar-refractivity contribution >= 4 is 29.9 Å². The van der Waals surface area contributed by atoms with Crippen LogP contribution < -0.4 is 10.6 Å². The molecule has 1 heterocycles. The number of morpholine rings is 1. The van der Waals surface area contributed by atoms with E-state index < -0.39 is 0 Å². The Morgan fingerprint density at radius 1 is 1.19 bits per heavy atom. The molecule has 1 aromatic rings. The highest BCUT2D eigenvalue weighted by atomic mass is 127. The van der Waals surface area contributed by atoms with Gasteiger partial charge < -0.3 is 15.4 Å². The van der Waals surface area contributed by atoms with Crippen molar-refractivity contribution in [2.75, 3.05) is 52.5 Å². The Balaban J connectivity index is 0.00000338. The summed E-state index contributed by atoms with van der Waals surface area (Å²) in [7, 11) is 0. The van der Waals surface area contributed by atoms with E-state index in [2.05, 4.69) is 60.6 Å². The summed E-state index contributed by atoms with van der Waals surface area (Å²) < 4.78 is 5.39. The molecule has 1 fully saturated rings. The highest BCUT2D eigenvalue weighted by molar-refractivity contribution is 14.0. The van der Waals surface area contributed by atoms with E-state index in [0.717, 1.165) is 64.9 Å². The van der Waals surface area contributed by atoms with Crippen LogP contribution in [0.4, 0.5) is 0 Å². The molecule has 5 nitrogen and oxygen atoms in total. The third-order valence-corrected chi connectivity index (χ3v) is 4.56. The molecule has 1 atom stereocenters. The van der Waals surface area contributed by atoms with Crippen molar-refractivity contribution in [3.8, 4) is 0 Å². The highest BCUT2D eigenvalue weighted by Gasteiger charge is 2.09. The fraction of sp³-hybridized carbons (Fsp3) is 0.650. The first kappa shape index (κ1) is 23.2. The van der Waals surface area contributed by atoms with Crippen LogP contribution in [0.15, 0.2) is 29.3 Å². The van der Waals surface area contributed by atoms with E-state index in [1.165, 1.54) is 11.1 Å². The summed E-state index contributed by atoms with van der Waals surface area (Å²) in [6.07, 6.45) is 1.12. The first-order valence-electron chi connectivity index (χ1n) is 9.58. The number of hydrogen-bond donors (Lipinski definition) is 2. The number of ether oxygens (including phenoxy) is 1. The zero-order valence-corrected chi connectivity index (χ0v) is 18.8. The van der Waals surface area contributed by atoms with E-state index in [9.17, 15) is 0 Å². The average molecular weight is 474 g/mol. The summed E-state index contributed by atoms with van der Waals surface area (Å²) in [6, 6.07) is 8.76. The summed E-state index contributed by atoms with van der Waals surface area (Å²) in [5, 5.41) is 6.80. The van der Waals surface area contributed by atoms with Crippen molar-refractivity contribution in [3.05, 3.63) is 35.4 Å². The van der Waals surface area contributed by atoms with Gasteiger partial charge in [-0.05, 0) is 32.4 Å². The van der Waals surface area contributed by atoms with Crippen LogP contribution in [0.25, 0.3) is 0 Å². The Morgan fingerprint density at radius 3 is 2.54 bits per heavy atom. The lowest BCUT2D eigenvalue weighted by molar-refractivity contribution is 0.0376. The van der Waals surface area contributed by atoms with Gasteiger partial charge in [-0.25, -0.2) is 0 Å². The van der Waals surface area contributed by atoms with Gasteiger partial charge in [-0.3, -0.25) is 9.89 Å². The summed E-state index contributed by atoms with van der Waals surface area (Å²) in [5.41, 5.74) is 2.65. The summed E-state index contributed by atoms with van der Waals surface area (Å²) in [5.74, 6) is 1.34. The number of nitrogens with one attached hydrogen (secondary N) is 2. The maximum Gasteiger partial charge on any atom is 0.191 e. The third kappa shape index (κ3) is 8.68. The summed E-state index contributed by atoms with van der Waals surface area (Å²) in [6.45, 7) is 14.1. The van der Waals surface area contributed by atoms with E-state index in [4.69, 9.17) is 9.73 Å². The third-order valence-electron chi connectivity index (χ3n) is 4.56. The second kappa shape index (κ2) is 13.3. The van der Waals surface area contributed by atoms with Crippen molar-refractivity contribution < 1.29 is 4.74 Å². The van der Waals surface area contributed by atoms with Crippen LogP contribution in [0.2, 0.25) is 0 Å². The maximum atomic E-state index is 5.39. The first-order chi connectivity index (χ1) is 12.2. The molecule has 1 aromatic carbocycles. The molecule has 0 amide bonds. The number of aryl methyl sites for hydroxylation is 1. The average Bonchev–Trinajstić information content (AvgIpc) is 2.64. The van der Waals surface area contributed by atoms with E-state index in [0.29, 0.717) is 5.92 Å². The zero-order chi connectivity index (χ0) is 17.9. The SMILES string of the molecule is CCNC(=NCC(C)c1ccc(C)cc1)NCCCN1CCOCC1.I. The van der Waals surface area contributed by atoms with Gasteiger partial charge in [0.05, 0.1) is 13.2 Å². The molecule has 0 radical (unpaired) electrons. The standard InChI is InChI=1S/C20H34N4O.HI/c1-4-21-20(22-10-5-11-24-12-14-25-15-13-24)23-16-18(3)19-8-6-17(2)7-9-19;/h6-9,18H,4-5,10-16H2,1-3H3,(H2,21,22,23);1H. The molecule has 0 spiro atoms. The monoisotopic (exact) mass is 474 g/mol. The van der Waals surface area contributed by atoms with Crippen LogP contribution in [0.1, 0.15) is 37.3 Å². The number of nitrogens with zero attached hydrogens (tertiary/aromatic N) is 2. The van der Waals surface area contributed by atoms with E-state index in [1.54, 1.807) is 0 Å². The Kier molecular flexibility index (Phi) is 11.9. The Morgan fingerprint density at radius 2 is 1.88 bits per heavy atom. The van der Waals surface area contributed by atoms with E-state index in [1.807, 2.05) is 0 Å². The fourth-order valence-electron chi connectivity index (χ4n) is 2.90. The van der Waals surface area contributed by atoms with Crippen LogP contribution >= 0.6 is 24.0 Å². The minimum absolute atomic E-state index is 0. The molecule has 6 heteroatoms. The van der Waals surface area contributed by atoms with Crippen LogP contribution in [0, 0.1) is 6.92 Å². The Hall–Kier alpha value is -0.860. The minimum atomic E-state index is 0. The second-order valence-corrected chi connectivity index (χ2v) is 6.77. The molecule has 1 aliphatic heterocycles. The summed E-state index contributed by atoms with van der Waals surface area (Å²) in [4.78, 5) is 7.22. The lowest BCUT2D eigenvalue weighted by Crippen LogP contribution is -2.40. The van der Waals surface area contributed by atoms with Gasteiger partial charge in [-0.2, -0.15) is 0 Å². The van der Waals surface area contributed by atoms with Gasteiger partial charge in [0.2, 0.25) is 0 Å². The molecule has 26 heavy (non-hydrogen) atoms. The van der Waals surface area contributed by atoms with Gasteiger partial charge in [-0.15, -0.1) is 24.0 Å². The molecule has 0 aromatic heterocycles. The van der Waals surface area contributed by atoms with Crippen LogP contribution in [0.3, 0.4) is 0 Å². The number of halogens is 1. The van der Waals surface area contributed by atoms with Crippen molar-refractivity contribution in [1.82, 2.24) is 15.5 Å². The lowest BCUT2D eigenvalue weighted by atomic mass is 10.0. The molecule has 148 valence electrons. The molecule has 1 saturated heterocycles. The second-order valence-electron chi connectivity index (χ2n) is 6.77. The van der Waals surface area contributed by atoms with Crippen molar-refractivity contribution in [3.63, 3.8) is 0 Å². The van der Waals surface area contributed by atoms with Gasteiger partial charge in [-0.1, -0.05) is 36.8 Å². The van der Waals surface area contributed by atoms with Crippen molar-refractivity contribution in [2.24, 2.45) is 4.99 Å². The minimum Gasteiger partial charge on any atom is -0.379 e. The van der Waals surface area contributed by atoms with Gasteiger partial charge in [0.1, 0.15) is 0 Å². The molecule has 2 rings (SSSR count). The Labute approximate surface area is 176 Å². The van der Waals surface area contributed by atoms with Crippen LogP contribution in [-0.2, 0) is 4.74 Å².